The zero-order chi connectivity index (χ0) is 15.8. The molecule has 0 aliphatic rings. The first-order valence-corrected chi connectivity index (χ1v) is 6.66. The van der Waals surface area contributed by atoms with E-state index in [-0.39, 0.29) is 47.8 Å². The number of halogens is 4. The van der Waals surface area contributed by atoms with Gasteiger partial charge in [0.15, 0.2) is 5.96 Å². The monoisotopic (exact) mass is 431 g/mol. The lowest BCUT2D eigenvalue weighted by Gasteiger charge is -2.11. The van der Waals surface area contributed by atoms with Crippen molar-refractivity contribution in [2.75, 3.05) is 6.54 Å². The molecule has 126 valence electrons. The third kappa shape index (κ3) is 7.71. The van der Waals surface area contributed by atoms with Crippen molar-refractivity contribution in [3.63, 3.8) is 0 Å². The number of nitrogens with zero attached hydrogens (tertiary/aromatic N) is 1. The van der Waals surface area contributed by atoms with Gasteiger partial charge in [-0.25, -0.2) is 9.38 Å². The molecule has 8 heteroatoms. The molecular weight excluding hydrogens is 410 g/mol. The lowest BCUT2D eigenvalue weighted by Crippen LogP contribution is -2.32. The average molecular weight is 431 g/mol. The molecule has 0 bridgehead atoms. The number of benzene rings is 1. The normalized spacial score (nSPS) is 11.5. The molecule has 0 saturated carbocycles. The SMILES string of the molecule is CC(C)CCNC(N)=NCc1c(F)cccc1OC(F)F.I. The second kappa shape index (κ2) is 10.5. The molecule has 0 aliphatic heterocycles. The number of hydrogen-bond acceptors (Lipinski definition) is 2. The maximum Gasteiger partial charge on any atom is 0.387 e. The molecule has 0 spiro atoms. The minimum atomic E-state index is -3.02. The summed E-state index contributed by atoms with van der Waals surface area (Å²) in [4.78, 5) is 3.94. The van der Waals surface area contributed by atoms with Crippen LogP contribution in [-0.2, 0) is 6.54 Å². The van der Waals surface area contributed by atoms with Gasteiger partial charge in [0.2, 0.25) is 0 Å². The molecule has 22 heavy (non-hydrogen) atoms. The van der Waals surface area contributed by atoms with E-state index in [1.807, 2.05) is 0 Å². The van der Waals surface area contributed by atoms with E-state index in [1.165, 1.54) is 12.1 Å². The molecule has 3 N–H and O–H groups in total. The quantitative estimate of drug-likeness (QED) is 0.395. The topological polar surface area (TPSA) is 59.6 Å². The Balaban J connectivity index is 0.00000441. The Morgan fingerprint density at radius 1 is 1.36 bits per heavy atom. The largest absolute Gasteiger partial charge is 0.434 e. The third-order valence-corrected chi connectivity index (χ3v) is 2.73. The molecule has 0 amide bonds. The Morgan fingerprint density at radius 3 is 2.64 bits per heavy atom. The first kappa shape index (κ1) is 20.8. The van der Waals surface area contributed by atoms with Gasteiger partial charge in [0.1, 0.15) is 11.6 Å². The molecule has 0 fully saturated rings. The van der Waals surface area contributed by atoms with Crippen LogP contribution in [0.4, 0.5) is 13.2 Å². The maximum atomic E-state index is 13.7. The van der Waals surface area contributed by atoms with Crippen LogP contribution in [0, 0.1) is 11.7 Å². The molecule has 1 rings (SSSR count). The van der Waals surface area contributed by atoms with Crippen molar-refractivity contribution in [2.45, 2.75) is 33.4 Å². The Labute approximate surface area is 145 Å². The molecule has 0 aliphatic carbocycles. The summed E-state index contributed by atoms with van der Waals surface area (Å²) < 4.78 is 42.4. The van der Waals surface area contributed by atoms with Gasteiger partial charge in [0, 0.05) is 6.54 Å². The highest BCUT2D eigenvalue weighted by molar-refractivity contribution is 14.0. The highest BCUT2D eigenvalue weighted by Crippen LogP contribution is 2.24. The predicted molar refractivity (Wildman–Crippen MR) is 91.2 cm³/mol. The zero-order valence-corrected chi connectivity index (χ0v) is 14.8. The Bertz CT molecular complexity index is 484. The van der Waals surface area contributed by atoms with Gasteiger partial charge in [-0.2, -0.15) is 8.78 Å². The van der Waals surface area contributed by atoms with Gasteiger partial charge in [-0.05, 0) is 24.5 Å². The molecule has 1 aromatic rings. The molecule has 0 unspecified atom stereocenters. The molecule has 0 saturated heterocycles. The van der Waals surface area contributed by atoms with Crippen LogP contribution in [0.25, 0.3) is 0 Å². The molecule has 0 heterocycles. The van der Waals surface area contributed by atoms with Crippen molar-refractivity contribution in [1.82, 2.24) is 5.32 Å². The van der Waals surface area contributed by atoms with Gasteiger partial charge < -0.3 is 15.8 Å². The first-order valence-electron chi connectivity index (χ1n) is 6.66. The van der Waals surface area contributed by atoms with Crippen molar-refractivity contribution < 1.29 is 17.9 Å². The van der Waals surface area contributed by atoms with E-state index in [0.717, 1.165) is 12.5 Å². The van der Waals surface area contributed by atoms with Crippen LogP contribution in [0.5, 0.6) is 5.75 Å². The summed E-state index contributed by atoms with van der Waals surface area (Å²) in [6, 6.07) is 3.72. The highest BCUT2D eigenvalue weighted by Gasteiger charge is 2.13. The fourth-order valence-corrected chi connectivity index (χ4v) is 1.61. The van der Waals surface area contributed by atoms with Crippen LogP contribution >= 0.6 is 24.0 Å². The molecule has 0 atom stereocenters. The van der Waals surface area contributed by atoms with Crippen LogP contribution < -0.4 is 15.8 Å². The third-order valence-electron chi connectivity index (χ3n) is 2.73. The molecule has 4 nitrogen and oxygen atoms in total. The number of alkyl halides is 2. The maximum absolute atomic E-state index is 13.7. The van der Waals surface area contributed by atoms with Crippen molar-refractivity contribution in [3.8, 4) is 5.75 Å². The lowest BCUT2D eigenvalue weighted by molar-refractivity contribution is -0.0506. The van der Waals surface area contributed by atoms with Crippen molar-refractivity contribution in [3.05, 3.63) is 29.6 Å². The van der Waals surface area contributed by atoms with Gasteiger partial charge in [0.25, 0.3) is 0 Å². The molecule has 0 radical (unpaired) electrons. The predicted octanol–water partition coefficient (Wildman–Crippen LogP) is 3.50. The van der Waals surface area contributed by atoms with Gasteiger partial charge in [-0.15, -0.1) is 24.0 Å². The van der Waals surface area contributed by atoms with Crippen LogP contribution in [0.2, 0.25) is 0 Å². The fourth-order valence-electron chi connectivity index (χ4n) is 1.61. The first-order chi connectivity index (χ1) is 9.90. The molecular formula is C14H21F3IN3O. The van der Waals surface area contributed by atoms with Crippen molar-refractivity contribution >= 4 is 29.9 Å². The minimum absolute atomic E-state index is 0. The van der Waals surface area contributed by atoms with Crippen molar-refractivity contribution in [2.24, 2.45) is 16.6 Å². The standard InChI is InChI=1S/C14H20F3N3O.HI/c1-9(2)6-7-19-14(18)20-8-10-11(15)4-3-5-12(10)21-13(16)17;/h3-5,9,13H,6-8H2,1-2H3,(H3,18,19,20);1H. The molecule has 0 aromatic heterocycles. The Hall–Kier alpha value is -1.19. The summed E-state index contributed by atoms with van der Waals surface area (Å²) in [5, 5.41) is 2.88. The van der Waals surface area contributed by atoms with Crippen molar-refractivity contribution in [1.29, 1.82) is 0 Å². The van der Waals surface area contributed by atoms with E-state index in [0.29, 0.717) is 12.5 Å². The van der Waals surface area contributed by atoms with Crippen LogP contribution in [0.15, 0.2) is 23.2 Å². The minimum Gasteiger partial charge on any atom is -0.434 e. The summed E-state index contributed by atoms with van der Waals surface area (Å²) in [7, 11) is 0. The smallest absolute Gasteiger partial charge is 0.387 e. The number of aliphatic imine (C=N–C) groups is 1. The van der Waals surface area contributed by atoms with E-state index in [2.05, 4.69) is 28.9 Å². The second-order valence-corrected chi connectivity index (χ2v) is 4.91. The molecule has 1 aromatic carbocycles. The second-order valence-electron chi connectivity index (χ2n) is 4.91. The summed E-state index contributed by atoms with van der Waals surface area (Å²) in [6.45, 7) is 1.60. The summed E-state index contributed by atoms with van der Waals surface area (Å²) in [6.07, 6.45) is 0.912. The van der Waals surface area contributed by atoms with Crippen LogP contribution in [0.1, 0.15) is 25.8 Å². The zero-order valence-electron chi connectivity index (χ0n) is 12.5. The van der Waals surface area contributed by atoms with Gasteiger partial charge >= 0.3 is 6.61 Å². The lowest BCUT2D eigenvalue weighted by atomic mass is 10.1. The Morgan fingerprint density at radius 2 is 2.05 bits per heavy atom. The number of hydrogen-bond donors (Lipinski definition) is 2. The fraction of sp³-hybridized carbons (Fsp3) is 0.500. The van der Waals surface area contributed by atoms with Crippen LogP contribution in [-0.4, -0.2) is 19.1 Å². The number of guanidine groups is 1. The average Bonchev–Trinajstić information content (AvgIpc) is 2.37. The van der Waals surface area contributed by atoms with E-state index in [9.17, 15) is 13.2 Å². The van der Waals surface area contributed by atoms with Crippen LogP contribution in [0.3, 0.4) is 0 Å². The van der Waals surface area contributed by atoms with Gasteiger partial charge in [-0.3, -0.25) is 0 Å². The number of nitrogens with one attached hydrogen (secondary N) is 1. The van der Waals surface area contributed by atoms with E-state index in [4.69, 9.17) is 5.73 Å². The highest BCUT2D eigenvalue weighted by atomic mass is 127. The van der Waals surface area contributed by atoms with Gasteiger partial charge in [0.05, 0.1) is 12.1 Å². The number of nitrogens with two attached hydrogens (primary N) is 1. The van der Waals surface area contributed by atoms with Gasteiger partial charge in [-0.1, -0.05) is 19.9 Å². The Kier molecular flexibility index (Phi) is 9.95. The van der Waals surface area contributed by atoms with E-state index in [1.54, 1.807) is 0 Å². The van der Waals surface area contributed by atoms with E-state index >= 15 is 0 Å². The summed E-state index contributed by atoms with van der Waals surface area (Å²) in [5.74, 6) is -0.236. The number of rotatable bonds is 7. The number of ether oxygens (including phenoxy) is 1. The summed E-state index contributed by atoms with van der Waals surface area (Å²) in [5.41, 5.74) is 5.59. The van der Waals surface area contributed by atoms with E-state index < -0.39 is 12.4 Å². The summed E-state index contributed by atoms with van der Waals surface area (Å²) >= 11 is 0.